The summed E-state index contributed by atoms with van der Waals surface area (Å²) >= 11 is 0. The normalized spacial score (nSPS) is 21.3. The number of hydrogen-bond donors (Lipinski definition) is 0. The number of Topliss-reactive ketones (excluding diaryl/α,β-unsaturated/α-hetero) is 1. The summed E-state index contributed by atoms with van der Waals surface area (Å²) < 4.78 is 0. The summed E-state index contributed by atoms with van der Waals surface area (Å²) in [6.45, 7) is 3.17. The van der Waals surface area contributed by atoms with Crippen LogP contribution >= 0.6 is 0 Å². The minimum atomic E-state index is 0.255. The van der Waals surface area contributed by atoms with Gasteiger partial charge in [-0.3, -0.25) is 4.79 Å². The van der Waals surface area contributed by atoms with Crippen molar-refractivity contribution in [3.8, 4) is 0 Å². The zero-order valence-corrected chi connectivity index (χ0v) is 13.8. The molecule has 1 aliphatic rings. The van der Waals surface area contributed by atoms with Crippen LogP contribution in [0.5, 0.6) is 0 Å². The molecule has 0 aromatic rings. The molecule has 20 heavy (non-hydrogen) atoms. The van der Waals surface area contributed by atoms with Crippen LogP contribution in [0.4, 0.5) is 0 Å². The number of nitrogens with zero attached hydrogens (tertiary/aromatic N) is 1. The topological polar surface area (TPSA) is 20.3 Å². The summed E-state index contributed by atoms with van der Waals surface area (Å²) in [4.78, 5) is 14.3. The molecule has 1 saturated carbocycles. The first kappa shape index (κ1) is 17.4. The minimum Gasteiger partial charge on any atom is -0.309 e. The van der Waals surface area contributed by atoms with Gasteiger partial charge in [0, 0.05) is 12.5 Å². The predicted octanol–water partition coefficient (Wildman–Crippen LogP) is 4.59. The van der Waals surface area contributed by atoms with Crippen LogP contribution in [0.2, 0.25) is 0 Å². The van der Waals surface area contributed by atoms with E-state index in [2.05, 4.69) is 17.9 Å². The number of rotatable bonds is 10. The van der Waals surface area contributed by atoms with E-state index in [4.69, 9.17) is 0 Å². The van der Waals surface area contributed by atoms with Gasteiger partial charge in [-0.25, -0.2) is 0 Å². The Morgan fingerprint density at radius 2 is 1.75 bits per heavy atom. The largest absolute Gasteiger partial charge is 0.309 e. The van der Waals surface area contributed by atoms with Crippen molar-refractivity contribution in [3.63, 3.8) is 0 Å². The van der Waals surface area contributed by atoms with Crippen molar-refractivity contribution in [2.45, 2.75) is 71.1 Å². The van der Waals surface area contributed by atoms with E-state index in [1.807, 2.05) is 14.1 Å². The number of unbranched alkanes of at least 4 members (excludes halogenated alkanes) is 7. The highest BCUT2D eigenvalue weighted by atomic mass is 16.1. The Morgan fingerprint density at radius 3 is 2.40 bits per heavy atom. The van der Waals surface area contributed by atoms with E-state index in [0.29, 0.717) is 5.78 Å². The monoisotopic (exact) mass is 279 g/mol. The third-order valence-electron chi connectivity index (χ3n) is 4.23. The minimum absolute atomic E-state index is 0.255. The quantitative estimate of drug-likeness (QED) is 0.430. The fraction of sp³-hybridized carbons (Fsp3) is 0.833. The van der Waals surface area contributed by atoms with E-state index in [1.54, 1.807) is 0 Å². The molecule has 1 atom stereocenters. The third-order valence-corrected chi connectivity index (χ3v) is 4.23. The van der Waals surface area contributed by atoms with Crippen molar-refractivity contribution >= 4 is 5.78 Å². The Balaban J connectivity index is 2.12. The fourth-order valence-corrected chi connectivity index (χ4v) is 3.04. The molecule has 0 aromatic carbocycles. The molecule has 0 N–H and O–H groups in total. The van der Waals surface area contributed by atoms with Gasteiger partial charge in [0.05, 0.1) is 0 Å². The zero-order chi connectivity index (χ0) is 14.8. The van der Waals surface area contributed by atoms with Crippen LogP contribution in [0.1, 0.15) is 71.1 Å². The van der Waals surface area contributed by atoms with Crippen LogP contribution in [0.25, 0.3) is 0 Å². The molecule has 0 radical (unpaired) electrons. The summed E-state index contributed by atoms with van der Waals surface area (Å²) in [6, 6.07) is 0. The molecule has 116 valence electrons. The highest BCUT2D eigenvalue weighted by Gasteiger charge is 2.28. The lowest BCUT2D eigenvalue weighted by Gasteiger charge is -2.13. The van der Waals surface area contributed by atoms with E-state index < -0.39 is 0 Å². The van der Waals surface area contributed by atoms with E-state index in [1.165, 1.54) is 44.9 Å². The average molecular weight is 279 g/mol. The Labute approximate surface area is 125 Å². The molecule has 1 aliphatic carbocycles. The lowest BCUT2D eigenvalue weighted by Crippen LogP contribution is -2.24. The van der Waals surface area contributed by atoms with Crippen LogP contribution in [-0.4, -0.2) is 31.3 Å². The molecule has 0 unspecified atom stereocenters. The first-order valence-electron chi connectivity index (χ1n) is 8.53. The molecule has 1 fully saturated rings. The summed E-state index contributed by atoms with van der Waals surface area (Å²) in [5, 5.41) is 0. The maximum absolute atomic E-state index is 12.2. The van der Waals surface area contributed by atoms with Crippen LogP contribution in [0.15, 0.2) is 11.6 Å². The van der Waals surface area contributed by atoms with Crippen molar-refractivity contribution in [1.29, 1.82) is 0 Å². The highest BCUT2D eigenvalue weighted by Crippen LogP contribution is 2.27. The predicted molar refractivity (Wildman–Crippen MR) is 87.0 cm³/mol. The van der Waals surface area contributed by atoms with Gasteiger partial charge in [-0.05, 0) is 45.4 Å². The second kappa shape index (κ2) is 10.1. The number of carbonyl (C=O) groups excluding carboxylic acids is 1. The van der Waals surface area contributed by atoms with Crippen molar-refractivity contribution in [2.75, 3.05) is 20.6 Å². The van der Waals surface area contributed by atoms with E-state index in [9.17, 15) is 4.79 Å². The van der Waals surface area contributed by atoms with Gasteiger partial charge in [0.1, 0.15) is 0 Å². The Bertz CT molecular complexity index is 307. The molecule has 1 rings (SSSR count). The molecule has 0 heterocycles. The highest BCUT2D eigenvalue weighted by molar-refractivity contribution is 5.99. The first-order valence-corrected chi connectivity index (χ1v) is 8.53. The maximum atomic E-state index is 12.2. The van der Waals surface area contributed by atoms with Crippen molar-refractivity contribution in [2.24, 2.45) is 5.92 Å². The molecule has 0 bridgehead atoms. The van der Waals surface area contributed by atoms with Gasteiger partial charge in [-0.1, -0.05) is 51.5 Å². The van der Waals surface area contributed by atoms with Gasteiger partial charge in [0.15, 0.2) is 5.78 Å². The van der Waals surface area contributed by atoms with Gasteiger partial charge in [0.25, 0.3) is 0 Å². The van der Waals surface area contributed by atoms with Crippen LogP contribution in [-0.2, 0) is 4.79 Å². The molecule has 2 heteroatoms. The maximum Gasteiger partial charge on any atom is 0.162 e. The van der Waals surface area contributed by atoms with Crippen LogP contribution in [0, 0.1) is 5.92 Å². The van der Waals surface area contributed by atoms with Gasteiger partial charge in [-0.2, -0.15) is 0 Å². The molecule has 0 spiro atoms. The van der Waals surface area contributed by atoms with Crippen LogP contribution < -0.4 is 0 Å². The van der Waals surface area contributed by atoms with Crippen molar-refractivity contribution < 1.29 is 4.79 Å². The summed E-state index contributed by atoms with van der Waals surface area (Å²) in [5.41, 5.74) is 1.11. The molecule has 0 saturated heterocycles. The van der Waals surface area contributed by atoms with Crippen molar-refractivity contribution in [1.82, 2.24) is 4.90 Å². The molecule has 0 amide bonds. The third kappa shape index (κ3) is 6.69. The molecule has 2 nitrogen and oxygen atoms in total. The molecule has 0 aromatic heterocycles. The smallest absolute Gasteiger partial charge is 0.162 e. The SMILES string of the molecule is CCCCCCCCC/C=C1/CC[C@@H](CN(C)C)C1=O. The number of allylic oxidation sites excluding steroid dienone is 2. The Kier molecular flexibility index (Phi) is 8.84. The average Bonchev–Trinajstić information content (AvgIpc) is 2.74. The zero-order valence-electron chi connectivity index (χ0n) is 13.8. The number of hydrogen-bond acceptors (Lipinski definition) is 2. The lowest BCUT2D eigenvalue weighted by atomic mass is 10.0. The van der Waals surface area contributed by atoms with Gasteiger partial charge < -0.3 is 4.90 Å². The summed E-state index contributed by atoms with van der Waals surface area (Å²) in [6.07, 6.45) is 14.8. The number of ketones is 1. The molecular weight excluding hydrogens is 246 g/mol. The standard InChI is InChI=1S/C18H33NO/c1-4-5-6-7-8-9-10-11-12-16-13-14-17(18(16)20)15-19(2)3/h12,17H,4-11,13-15H2,1-3H3/b16-12-/t17-/m0/s1. The second-order valence-corrected chi connectivity index (χ2v) is 6.50. The second-order valence-electron chi connectivity index (χ2n) is 6.50. The molecular formula is C18H33NO. The summed E-state index contributed by atoms with van der Waals surface area (Å²) in [7, 11) is 4.10. The lowest BCUT2D eigenvalue weighted by molar-refractivity contribution is -0.118. The van der Waals surface area contributed by atoms with E-state index >= 15 is 0 Å². The first-order chi connectivity index (χ1) is 9.65. The fourth-order valence-electron chi connectivity index (χ4n) is 3.04. The Morgan fingerprint density at radius 1 is 1.10 bits per heavy atom. The summed E-state index contributed by atoms with van der Waals surface area (Å²) in [5.74, 6) is 0.673. The Hall–Kier alpha value is -0.630. The van der Waals surface area contributed by atoms with Crippen LogP contribution in [0.3, 0.4) is 0 Å². The van der Waals surface area contributed by atoms with Crippen molar-refractivity contribution in [3.05, 3.63) is 11.6 Å². The molecule has 0 aliphatic heterocycles. The number of carbonyl (C=O) groups is 1. The van der Waals surface area contributed by atoms with E-state index in [-0.39, 0.29) is 5.92 Å². The van der Waals surface area contributed by atoms with Gasteiger partial charge in [0.2, 0.25) is 0 Å². The van der Waals surface area contributed by atoms with E-state index in [0.717, 1.165) is 31.4 Å². The van der Waals surface area contributed by atoms with Gasteiger partial charge >= 0.3 is 0 Å². The van der Waals surface area contributed by atoms with Gasteiger partial charge in [-0.15, -0.1) is 0 Å².